The van der Waals surface area contributed by atoms with E-state index in [9.17, 15) is 4.79 Å². The Morgan fingerprint density at radius 1 is 1.30 bits per heavy atom. The van der Waals surface area contributed by atoms with Gasteiger partial charge in [0.2, 0.25) is 5.95 Å². The van der Waals surface area contributed by atoms with Crippen molar-refractivity contribution in [3.8, 4) is 0 Å². The number of H-pyrrole nitrogens is 1. The maximum atomic E-state index is 10.8. The van der Waals surface area contributed by atoms with Gasteiger partial charge in [0.1, 0.15) is 5.82 Å². The lowest BCUT2D eigenvalue weighted by molar-refractivity contribution is 0.0690. The molecule has 0 saturated heterocycles. The van der Waals surface area contributed by atoms with Crippen LogP contribution in [0.1, 0.15) is 22.7 Å². The minimum absolute atomic E-state index is 0.0309. The Morgan fingerprint density at radius 2 is 2.17 bits per heavy atom. The predicted molar refractivity (Wildman–Crippen MR) is 86.9 cm³/mol. The normalized spacial score (nSPS) is 10.8. The monoisotopic (exact) mass is 331 g/mol. The number of aromatic amines is 1. The fraction of sp³-hybridized carbons (Fsp3) is 0.200. The van der Waals surface area contributed by atoms with Crippen molar-refractivity contribution in [3.63, 3.8) is 0 Å². The molecule has 0 saturated carbocycles. The maximum absolute atomic E-state index is 10.8. The number of aromatic nitrogens is 4. The van der Waals surface area contributed by atoms with Crippen LogP contribution in [0.2, 0.25) is 5.02 Å². The maximum Gasteiger partial charge on any atom is 0.354 e. The molecule has 0 atom stereocenters. The molecule has 7 nitrogen and oxygen atoms in total. The first-order chi connectivity index (χ1) is 11.1. The molecule has 1 aromatic carbocycles. The number of carboxylic acids is 1. The van der Waals surface area contributed by atoms with E-state index >= 15 is 0 Å². The summed E-state index contributed by atoms with van der Waals surface area (Å²) in [6.07, 6.45) is 2.97. The number of anilines is 1. The minimum atomic E-state index is -1.07. The average molecular weight is 332 g/mol. The van der Waals surface area contributed by atoms with Crippen LogP contribution in [-0.2, 0) is 6.42 Å². The number of aromatic carboxylic acids is 1. The number of nitrogens with one attached hydrogen (secondary N) is 2. The number of rotatable bonds is 6. The van der Waals surface area contributed by atoms with E-state index in [4.69, 9.17) is 16.7 Å². The molecule has 0 aliphatic heterocycles. The Bertz CT molecular complexity index is 849. The summed E-state index contributed by atoms with van der Waals surface area (Å²) in [6, 6.07) is 6.88. The highest BCUT2D eigenvalue weighted by molar-refractivity contribution is 6.31. The van der Waals surface area contributed by atoms with E-state index in [2.05, 4.69) is 25.3 Å². The Kier molecular flexibility index (Phi) is 4.38. The van der Waals surface area contributed by atoms with Crippen LogP contribution in [0.15, 0.2) is 30.5 Å². The predicted octanol–water partition coefficient (Wildman–Crippen LogP) is 2.75. The second kappa shape index (κ2) is 6.62. The summed E-state index contributed by atoms with van der Waals surface area (Å²) < 4.78 is 0. The van der Waals surface area contributed by atoms with Gasteiger partial charge in [0, 0.05) is 24.2 Å². The lowest BCUT2D eigenvalue weighted by Crippen LogP contribution is -2.09. The second-order valence-electron chi connectivity index (χ2n) is 4.95. The van der Waals surface area contributed by atoms with Crippen molar-refractivity contribution in [1.82, 2.24) is 19.9 Å². The number of fused-ring (bicyclic) bond motifs is 1. The largest absolute Gasteiger partial charge is 0.477 e. The summed E-state index contributed by atoms with van der Waals surface area (Å²) >= 11 is 5.94. The van der Waals surface area contributed by atoms with E-state index in [1.54, 1.807) is 0 Å². The van der Waals surface area contributed by atoms with Gasteiger partial charge >= 0.3 is 5.97 Å². The van der Waals surface area contributed by atoms with Crippen LogP contribution >= 0.6 is 11.6 Å². The van der Waals surface area contributed by atoms with Gasteiger partial charge in [-0.15, -0.1) is 0 Å². The molecule has 3 rings (SSSR count). The zero-order valence-electron chi connectivity index (χ0n) is 12.1. The third-order valence-corrected chi connectivity index (χ3v) is 3.48. The van der Waals surface area contributed by atoms with Gasteiger partial charge in [-0.05, 0) is 30.7 Å². The first-order valence-corrected chi connectivity index (χ1v) is 7.44. The molecule has 0 spiro atoms. The molecule has 3 aromatic rings. The zero-order chi connectivity index (χ0) is 16.2. The number of imidazole rings is 1. The number of benzene rings is 1. The summed E-state index contributed by atoms with van der Waals surface area (Å²) in [7, 11) is 0. The van der Waals surface area contributed by atoms with Gasteiger partial charge in [-0.3, -0.25) is 0 Å². The van der Waals surface area contributed by atoms with Gasteiger partial charge in [-0.25, -0.2) is 19.7 Å². The lowest BCUT2D eigenvalue weighted by Gasteiger charge is -2.04. The van der Waals surface area contributed by atoms with Crippen LogP contribution in [0, 0.1) is 0 Å². The molecule has 0 amide bonds. The van der Waals surface area contributed by atoms with Gasteiger partial charge in [0.05, 0.1) is 11.0 Å². The first-order valence-electron chi connectivity index (χ1n) is 7.06. The van der Waals surface area contributed by atoms with E-state index < -0.39 is 5.97 Å². The molecule has 2 aromatic heterocycles. The molecule has 0 aliphatic rings. The molecule has 2 heterocycles. The highest BCUT2D eigenvalue weighted by Gasteiger charge is 2.06. The summed E-state index contributed by atoms with van der Waals surface area (Å²) in [4.78, 5) is 26.4. The molecule has 0 aliphatic carbocycles. The standard InChI is InChI=1S/C15H14ClN5O2/c16-9-3-4-10-12(8-9)20-13(19-10)2-1-6-17-15-18-7-5-11(21-15)14(22)23/h3-5,7-8H,1-2,6H2,(H,19,20)(H,22,23)(H,17,18,21). The smallest absolute Gasteiger partial charge is 0.354 e. The summed E-state index contributed by atoms with van der Waals surface area (Å²) in [5, 5.41) is 12.6. The van der Waals surface area contributed by atoms with Crippen molar-refractivity contribution < 1.29 is 9.90 Å². The van der Waals surface area contributed by atoms with Gasteiger partial charge in [-0.2, -0.15) is 0 Å². The number of aryl methyl sites for hydroxylation is 1. The molecule has 3 N–H and O–H groups in total. The van der Waals surface area contributed by atoms with E-state index in [-0.39, 0.29) is 5.69 Å². The average Bonchev–Trinajstić information content (AvgIpc) is 2.93. The molecular formula is C15H14ClN5O2. The van der Waals surface area contributed by atoms with Crippen LogP contribution in [0.25, 0.3) is 11.0 Å². The fourth-order valence-electron chi connectivity index (χ4n) is 2.17. The third-order valence-electron chi connectivity index (χ3n) is 3.24. The number of hydrogen-bond donors (Lipinski definition) is 3. The van der Waals surface area contributed by atoms with Crippen LogP contribution in [0.5, 0.6) is 0 Å². The van der Waals surface area contributed by atoms with Crippen molar-refractivity contribution in [2.24, 2.45) is 0 Å². The van der Waals surface area contributed by atoms with Gasteiger partial charge in [-0.1, -0.05) is 11.6 Å². The van der Waals surface area contributed by atoms with Crippen molar-refractivity contribution in [2.75, 3.05) is 11.9 Å². The van der Waals surface area contributed by atoms with Gasteiger partial charge < -0.3 is 15.4 Å². The number of carbonyl (C=O) groups is 1. The number of halogens is 1. The summed E-state index contributed by atoms with van der Waals surface area (Å²) in [5.41, 5.74) is 1.77. The number of carboxylic acid groups (broad SMARTS) is 1. The van der Waals surface area contributed by atoms with Crippen molar-refractivity contribution in [3.05, 3.63) is 47.0 Å². The molecular weight excluding hydrogens is 318 g/mol. The summed E-state index contributed by atoms with van der Waals surface area (Å²) in [6.45, 7) is 0.612. The van der Waals surface area contributed by atoms with E-state index in [0.717, 1.165) is 29.7 Å². The fourth-order valence-corrected chi connectivity index (χ4v) is 2.34. The Morgan fingerprint density at radius 3 is 3.00 bits per heavy atom. The summed E-state index contributed by atoms with van der Waals surface area (Å²) in [5.74, 6) is 0.113. The van der Waals surface area contributed by atoms with Crippen molar-refractivity contribution in [2.45, 2.75) is 12.8 Å². The van der Waals surface area contributed by atoms with E-state index in [1.165, 1.54) is 12.3 Å². The molecule has 0 bridgehead atoms. The first kappa shape index (κ1) is 15.2. The van der Waals surface area contributed by atoms with Crippen molar-refractivity contribution in [1.29, 1.82) is 0 Å². The van der Waals surface area contributed by atoms with Crippen LogP contribution < -0.4 is 5.32 Å². The zero-order valence-corrected chi connectivity index (χ0v) is 12.8. The quantitative estimate of drug-likeness (QED) is 0.600. The number of nitrogens with zero attached hydrogens (tertiary/aromatic N) is 3. The van der Waals surface area contributed by atoms with Crippen LogP contribution in [0.4, 0.5) is 5.95 Å². The SMILES string of the molecule is O=C(O)c1ccnc(NCCCc2nc3ccc(Cl)cc3[nH]2)n1. The second-order valence-corrected chi connectivity index (χ2v) is 5.38. The highest BCUT2D eigenvalue weighted by atomic mass is 35.5. The molecule has 23 heavy (non-hydrogen) atoms. The Balaban J connectivity index is 1.54. The molecule has 0 radical (unpaired) electrons. The molecule has 118 valence electrons. The molecule has 0 fully saturated rings. The Hall–Kier alpha value is -2.67. The van der Waals surface area contributed by atoms with E-state index in [1.807, 2.05) is 18.2 Å². The molecule has 8 heteroatoms. The van der Waals surface area contributed by atoms with E-state index in [0.29, 0.717) is 17.5 Å². The topological polar surface area (TPSA) is 104 Å². The minimum Gasteiger partial charge on any atom is -0.477 e. The van der Waals surface area contributed by atoms with Gasteiger partial charge in [0.25, 0.3) is 0 Å². The molecule has 0 unspecified atom stereocenters. The number of hydrogen-bond acceptors (Lipinski definition) is 5. The van der Waals surface area contributed by atoms with Gasteiger partial charge in [0.15, 0.2) is 5.69 Å². The Labute approximate surface area is 136 Å². The van der Waals surface area contributed by atoms with Crippen LogP contribution in [0.3, 0.4) is 0 Å². The van der Waals surface area contributed by atoms with Crippen LogP contribution in [-0.4, -0.2) is 37.6 Å². The lowest BCUT2D eigenvalue weighted by atomic mass is 10.3. The van der Waals surface area contributed by atoms with Crippen molar-refractivity contribution >= 4 is 34.6 Å². The third kappa shape index (κ3) is 3.75. The highest BCUT2D eigenvalue weighted by Crippen LogP contribution is 2.17.